The molecule has 0 aromatic carbocycles. The third kappa shape index (κ3) is 10.1. The highest BCUT2D eigenvalue weighted by Gasteiger charge is 2.25. The van der Waals surface area contributed by atoms with E-state index in [4.69, 9.17) is 20.8 Å². The summed E-state index contributed by atoms with van der Waals surface area (Å²) in [5.41, 5.74) is 0. The third-order valence-electron chi connectivity index (χ3n) is 2.87. The van der Waals surface area contributed by atoms with Gasteiger partial charge in [-0.15, -0.1) is 0 Å². The van der Waals surface area contributed by atoms with Crippen LogP contribution in [0.3, 0.4) is 0 Å². The molecule has 2 amide bonds. The van der Waals surface area contributed by atoms with Crippen molar-refractivity contribution in [1.29, 1.82) is 0 Å². The zero-order valence-electron chi connectivity index (χ0n) is 14.8. The fraction of sp³-hybridized carbons (Fsp3) is 0.353. The smallest absolute Gasteiger partial charge is 0.386 e. The van der Waals surface area contributed by atoms with Crippen LogP contribution in [0.5, 0.6) is 0 Å². The van der Waals surface area contributed by atoms with Crippen LogP contribution in [-0.2, 0) is 28.6 Å². The average molecular weight is 379 g/mol. The molecule has 0 aliphatic heterocycles. The summed E-state index contributed by atoms with van der Waals surface area (Å²) >= 11 is 0. The average Bonchev–Trinajstić information content (AvgIpc) is 2.68. The minimum atomic E-state index is -0.732. The zero-order valence-corrected chi connectivity index (χ0v) is 14.8. The molecule has 0 aliphatic rings. The Bertz CT molecular complexity index is 599. The van der Waals surface area contributed by atoms with Crippen molar-refractivity contribution < 1.29 is 33.4 Å². The van der Waals surface area contributed by atoms with E-state index < -0.39 is 23.9 Å². The molecule has 27 heavy (non-hydrogen) atoms. The standard InChI is InChI=1S/C17H21N3O7/c1-5-14(21)25-11-8-19(9-12-26-15(22)6-2)17(24)20(18-4)10-13-27-16(23)7-3/h5-7H,1-3,8-13H2. The molecule has 0 aromatic heterocycles. The lowest BCUT2D eigenvalue weighted by atomic mass is 10.5. The highest BCUT2D eigenvalue weighted by molar-refractivity contribution is 5.82. The SMILES string of the molecule is [C-]#[N+]N(CCOC(=O)C=C)C(=O)N(CCOC(=O)C=C)CCOC(=O)C=C. The van der Waals surface area contributed by atoms with Crippen LogP contribution >= 0.6 is 0 Å². The number of rotatable bonds is 12. The van der Waals surface area contributed by atoms with Crippen LogP contribution in [0.2, 0.25) is 0 Å². The highest BCUT2D eigenvalue weighted by atomic mass is 16.5. The number of hydrogen-bond donors (Lipinski definition) is 0. The van der Waals surface area contributed by atoms with E-state index in [-0.39, 0.29) is 39.5 Å². The minimum Gasteiger partial charge on any atom is -0.461 e. The number of carbonyl (C=O) groups is 4. The molecule has 146 valence electrons. The van der Waals surface area contributed by atoms with Crippen LogP contribution in [0.4, 0.5) is 4.79 Å². The molecule has 0 fully saturated rings. The maximum Gasteiger partial charge on any atom is 0.386 e. The summed E-state index contributed by atoms with van der Waals surface area (Å²) in [5.74, 6) is -2.02. The van der Waals surface area contributed by atoms with E-state index in [1.807, 2.05) is 0 Å². The van der Waals surface area contributed by atoms with Crippen molar-refractivity contribution in [3.05, 3.63) is 49.5 Å². The zero-order chi connectivity index (χ0) is 20.7. The van der Waals surface area contributed by atoms with Crippen molar-refractivity contribution in [3.63, 3.8) is 0 Å². The second-order valence-corrected chi connectivity index (χ2v) is 4.61. The fourth-order valence-electron chi connectivity index (χ4n) is 1.58. The van der Waals surface area contributed by atoms with Crippen molar-refractivity contribution in [2.24, 2.45) is 0 Å². The van der Waals surface area contributed by atoms with E-state index >= 15 is 0 Å². The molecule has 0 unspecified atom stereocenters. The molecular weight excluding hydrogens is 358 g/mol. The molecule has 10 heteroatoms. The van der Waals surface area contributed by atoms with Crippen LogP contribution in [0, 0.1) is 6.57 Å². The van der Waals surface area contributed by atoms with E-state index in [9.17, 15) is 19.2 Å². The van der Waals surface area contributed by atoms with Crippen molar-refractivity contribution >= 4 is 23.9 Å². The molecule has 0 radical (unpaired) electrons. The Balaban J connectivity index is 4.83. The summed E-state index contributed by atoms with van der Waals surface area (Å²) in [5, 5.41) is 0.737. The van der Waals surface area contributed by atoms with Crippen LogP contribution in [0.25, 0.3) is 4.95 Å². The van der Waals surface area contributed by atoms with Gasteiger partial charge in [0.25, 0.3) is 0 Å². The van der Waals surface area contributed by atoms with Gasteiger partial charge in [-0.05, 0) is 5.01 Å². The number of ether oxygens (including phenoxy) is 3. The van der Waals surface area contributed by atoms with Crippen LogP contribution in [0.1, 0.15) is 0 Å². The summed E-state index contributed by atoms with van der Waals surface area (Å²) in [7, 11) is 0. The first-order valence-corrected chi connectivity index (χ1v) is 7.71. The Morgan fingerprint density at radius 1 is 0.778 bits per heavy atom. The topological polar surface area (TPSA) is 107 Å². The van der Waals surface area contributed by atoms with Gasteiger partial charge in [0.1, 0.15) is 26.4 Å². The molecule has 0 atom stereocenters. The van der Waals surface area contributed by atoms with Gasteiger partial charge < -0.3 is 19.1 Å². The first kappa shape index (κ1) is 23.4. The Hall–Kier alpha value is -3.61. The lowest BCUT2D eigenvalue weighted by molar-refractivity contribution is -0.139. The number of hydrogen-bond acceptors (Lipinski definition) is 7. The Kier molecular flexibility index (Phi) is 11.8. The number of esters is 3. The first-order valence-electron chi connectivity index (χ1n) is 7.71. The van der Waals surface area contributed by atoms with Crippen LogP contribution < -0.4 is 0 Å². The lowest BCUT2D eigenvalue weighted by Gasteiger charge is -2.23. The second-order valence-electron chi connectivity index (χ2n) is 4.61. The fourth-order valence-corrected chi connectivity index (χ4v) is 1.58. The molecule has 0 saturated carbocycles. The molecule has 0 heterocycles. The molecule has 0 spiro atoms. The minimum absolute atomic E-state index is 0.0531. The van der Waals surface area contributed by atoms with Gasteiger partial charge >= 0.3 is 23.9 Å². The van der Waals surface area contributed by atoms with Gasteiger partial charge in [0.2, 0.25) is 0 Å². The predicted octanol–water partition coefficient (Wildman–Crippen LogP) is 0.732. The Morgan fingerprint density at radius 3 is 1.48 bits per heavy atom. The van der Waals surface area contributed by atoms with Gasteiger partial charge in [0, 0.05) is 18.2 Å². The summed E-state index contributed by atoms with van der Waals surface area (Å²) in [6.45, 7) is 16.0. The van der Waals surface area contributed by atoms with Crippen LogP contribution in [0.15, 0.2) is 38.0 Å². The highest BCUT2D eigenvalue weighted by Crippen LogP contribution is 2.02. The van der Waals surface area contributed by atoms with Gasteiger partial charge in [-0.2, -0.15) is 11.5 Å². The number of amides is 2. The molecule has 0 rings (SSSR count). The van der Waals surface area contributed by atoms with Gasteiger partial charge in [-0.1, -0.05) is 19.7 Å². The molecule has 0 N–H and O–H groups in total. The van der Waals surface area contributed by atoms with E-state index in [1.54, 1.807) is 0 Å². The van der Waals surface area contributed by atoms with Gasteiger partial charge in [-0.25, -0.2) is 19.2 Å². The third-order valence-corrected chi connectivity index (χ3v) is 2.87. The van der Waals surface area contributed by atoms with Crippen LogP contribution in [-0.4, -0.2) is 73.3 Å². The van der Waals surface area contributed by atoms with Crippen molar-refractivity contribution in [3.8, 4) is 0 Å². The summed E-state index contributed by atoms with van der Waals surface area (Å²) < 4.78 is 14.4. The summed E-state index contributed by atoms with van der Waals surface area (Å²) in [6.07, 6.45) is 2.90. The molecule has 0 bridgehead atoms. The van der Waals surface area contributed by atoms with Gasteiger partial charge in [0.05, 0.1) is 13.1 Å². The van der Waals surface area contributed by atoms with E-state index in [1.165, 1.54) is 0 Å². The van der Waals surface area contributed by atoms with E-state index in [0.29, 0.717) is 0 Å². The summed E-state index contributed by atoms with van der Waals surface area (Å²) in [4.78, 5) is 49.9. The Labute approximate surface area is 157 Å². The van der Waals surface area contributed by atoms with Crippen molar-refractivity contribution in [2.45, 2.75) is 0 Å². The van der Waals surface area contributed by atoms with Crippen molar-refractivity contribution in [2.75, 3.05) is 39.5 Å². The maximum absolute atomic E-state index is 12.5. The predicted molar refractivity (Wildman–Crippen MR) is 93.7 cm³/mol. The quantitative estimate of drug-likeness (QED) is 0.162. The number of carbonyl (C=O) groups excluding carboxylic acids is 4. The first-order chi connectivity index (χ1) is 12.9. The molecular formula is C17H21N3O7. The number of nitrogens with zero attached hydrogens (tertiary/aromatic N) is 3. The molecule has 0 aliphatic carbocycles. The molecule has 10 nitrogen and oxygen atoms in total. The van der Waals surface area contributed by atoms with Gasteiger partial charge in [-0.3, -0.25) is 0 Å². The largest absolute Gasteiger partial charge is 0.461 e. The van der Waals surface area contributed by atoms with E-state index in [2.05, 4.69) is 24.7 Å². The normalized spacial score (nSPS) is 9.15. The van der Waals surface area contributed by atoms with Crippen molar-refractivity contribution in [1.82, 2.24) is 9.91 Å². The second kappa shape index (κ2) is 13.7. The van der Waals surface area contributed by atoms with E-state index in [0.717, 1.165) is 28.1 Å². The number of urea groups is 1. The Morgan fingerprint density at radius 2 is 1.15 bits per heavy atom. The monoisotopic (exact) mass is 379 g/mol. The maximum atomic E-state index is 12.5. The summed E-state index contributed by atoms with van der Waals surface area (Å²) in [6, 6.07) is -0.732. The molecule has 0 aromatic rings. The lowest BCUT2D eigenvalue weighted by Crippen LogP contribution is -2.44. The van der Waals surface area contributed by atoms with Gasteiger partial charge in [0.15, 0.2) is 0 Å². The molecule has 0 saturated heterocycles.